The van der Waals surface area contributed by atoms with Gasteiger partial charge < -0.3 is 16.0 Å². The molecule has 0 fully saturated rings. The molecule has 28 heavy (non-hydrogen) atoms. The van der Waals surface area contributed by atoms with Crippen molar-refractivity contribution in [2.75, 3.05) is 33.2 Å². The van der Waals surface area contributed by atoms with E-state index in [-0.39, 0.29) is 18.1 Å². The molecular formula is C21H36FN5O. The summed E-state index contributed by atoms with van der Waals surface area (Å²) in [5, 5.41) is 9.34. The lowest BCUT2D eigenvalue weighted by Crippen LogP contribution is -2.43. The van der Waals surface area contributed by atoms with E-state index in [1.165, 1.54) is 12.1 Å². The van der Waals surface area contributed by atoms with Crippen LogP contribution in [-0.4, -0.2) is 62.1 Å². The molecule has 0 bridgehead atoms. The Morgan fingerprint density at radius 1 is 1.00 bits per heavy atom. The highest BCUT2D eigenvalue weighted by Gasteiger charge is 2.12. The summed E-state index contributed by atoms with van der Waals surface area (Å²) in [4.78, 5) is 18.6. The Kier molecular flexibility index (Phi) is 11.2. The molecule has 0 heterocycles. The summed E-state index contributed by atoms with van der Waals surface area (Å²) in [6.07, 6.45) is 1.28. The molecular weight excluding hydrogens is 357 g/mol. The van der Waals surface area contributed by atoms with E-state index in [0.717, 1.165) is 31.0 Å². The number of rotatable bonds is 11. The van der Waals surface area contributed by atoms with Crippen LogP contribution in [0.4, 0.5) is 4.39 Å². The van der Waals surface area contributed by atoms with Gasteiger partial charge in [0.25, 0.3) is 0 Å². The first-order valence-corrected chi connectivity index (χ1v) is 10.0. The molecule has 0 aliphatic heterocycles. The third-order valence-electron chi connectivity index (χ3n) is 4.45. The predicted octanol–water partition coefficient (Wildman–Crippen LogP) is 2.16. The topological polar surface area (TPSA) is 68.8 Å². The van der Waals surface area contributed by atoms with Gasteiger partial charge in [-0.25, -0.2) is 4.39 Å². The van der Waals surface area contributed by atoms with Crippen molar-refractivity contribution in [3.63, 3.8) is 0 Å². The van der Waals surface area contributed by atoms with Gasteiger partial charge in [0, 0.05) is 45.3 Å². The van der Waals surface area contributed by atoms with Crippen LogP contribution in [0.15, 0.2) is 29.3 Å². The highest BCUT2D eigenvalue weighted by atomic mass is 19.1. The Balaban J connectivity index is 2.18. The highest BCUT2D eigenvalue weighted by molar-refractivity contribution is 5.80. The fourth-order valence-electron chi connectivity index (χ4n) is 3.03. The second-order valence-corrected chi connectivity index (χ2v) is 7.36. The summed E-state index contributed by atoms with van der Waals surface area (Å²) in [6.45, 7) is 11.8. The molecule has 3 N–H and O–H groups in total. The van der Waals surface area contributed by atoms with E-state index in [1.807, 2.05) is 0 Å². The van der Waals surface area contributed by atoms with Crippen LogP contribution in [0.25, 0.3) is 0 Å². The van der Waals surface area contributed by atoms with Crippen LogP contribution in [0.1, 0.15) is 39.7 Å². The lowest BCUT2D eigenvalue weighted by molar-refractivity contribution is -0.120. The Hall–Kier alpha value is -2.15. The number of halogens is 1. The van der Waals surface area contributed by atoms with Gasteiger partial charge in [-0.1, -0.05) is 12.1 Å². The van der Waals surface area contributed by atoms with E-state index in [9.17, 15) is 9.18 Å². The van der Waals surface area contributed by atoms with Crippen LogP contribution >= 0.6 is 0 Å². The molecule has 0 aliphatic rings. The predicted molar refractivity (Wildman–Crippen MR) is 114 cm³/mol. The first-order chi connectivity index (χ1) is 13.3. The zero-order chi connectivity index (χ0) is 20.9. The van der Waals surface area contributed by atoms with Gasteiger partial charge in [-0.2, -0.15) is 0 Å². The summed E-state index contributed by atoms with van der Waals surface area (Å²) in [5.74, 6) is 0.348. The zero-order valence-electron chi connectivity index (χ0n) is 17.9. The molecule has 1 amide bonds. The standard InChI is InChI=1S/C21H36FN5O/c1-16(2)27(17(3)4)14-6-11-25-21(23-5)26-13-12-24-20(28)15-18-7-9-19(22)10-8-18/h7-10,16-17H,6,11-15H2,1-5H3,(H,24,28)(H2,23,25,26). The third kappa shape index (κ3) is 9.69. The smallest absolute Gasteiger partial charge is 0.224 e. The van der Waals surface area contributed by atoms with Crippen LogP contribution < -0.4 is 16.0 Å². The Labute approximate surface area is 169 Å². The molecule has 0 radical (unpaired) electrons. The molecule has 6 nitrogen and oxygen atoms in total. The molecule has 0 aromatic heterocycles. The summed E-state index contributed by atoms with van der Waals surface area (Å²) in [6, 6.07) is 7.05. The largest absolute Gasteiger partial charge is 0.356 e. The Morgan fingerprint density at radius 3 is 2.14 bits per heavy atom. The van der Waals surface area contributed by atoms with Crippen molar-refractivity contribution >= 4 is 11.9 Å². The summed E-state index contributed by atoms with van der Waals surface area (Å²) in [7, 11) is 1.73. The minimum atomic E-state index is -0.298. The lowest BCUT2D eigenvalue weighted by Gasteiger charge is -2.30. The van der Waals surface area contributed by atoms with Crippen molar-refractivity contribution in [2.24, 2.45) is 4.99 Å². The van der Waals surface area contributed by atoms with Crippen LogP contribution in [0.2, 0.25) is 0 Å². The van der Waals surface area contributed by atoms with Gasteiger partial charge in [0.05, 0.1) is 6.42 Å². The van der Waals surface area contributed by atoms with Gasteiger partial charge in [0.15, 0.2) is 5.96 Å². The van der Waals surface area contributed by atoms with Crippen molar-refractivity contribution in [2.45, 2.75) is 52.6 Å². The molecule has 0 aliphatic carbocycles. The van der Waals surface area contributed by atoms with Gasteiger partial charge in [-0.05, 0) is 51.8 Å². The fourth-order valence-corrected chi connectivity index (χ4v) is 3.03. The van der Waals surface area contributed by atoms with Crippen LogP contribution in [0, 0.1) is 5.82 Å². The number of nitrogens with one attached hydrogen (secondary N) is 3. The van der Waals surface area contributed by atoms with Crippen molar-refractivity contribution in [3.8, 4) is 0 Å². The average molecular weight is 394 g/mol. The van der Waals surface area contributed by atoms with Crippen LogP contribution in [-0.2, 0) is 11.2 Å². The highest BCUT2D eigenvalue weighted by Crippen LogP contribution is 2.05. The Morgan fingerprint density at radius 2 is 1.57 bits per heavy atom. The van der Waals surface area contributed by atoms with Crippen LogP contribution in [0.3, 0.4) is 0 Å². The number of hydrogen-bond donors (Lipinski definition) is 3. The number of aliphatic imine (C=N–C) groups is 1. The SMILES string of the molecule is CN=C(NCCCN(C(C)C)C(C)C)NCCNC(=O)Cc1ccc(F)cc1. The number of guanidine groups is 1. The molecule has 1 aromatic rings. The van der Waals surface area contributed by atoms with Crippen LogP contribution in [0.5, 0.6) is 0 Å². The zero-order valence-corrected chi connectivity index (χ0v) is 17.9. The first-order valence-electron chi connectivity index (χ1n) is 10.0. The molecule has 0 atom stereocenters. The second-order valence-electron chi connectivity index (χ2n) is 7.36. The quantitative estimate of drug-likeness (QED) is 0.306. The third-order valence-corrected chi connectivity index (χ3v) is 4.45. The summed E-state index contributed by atoms with van der Waals surface area (Å²) < 4.78 is 12.9. The number of hydrogen-bond acceptors (Lipinski definition) is 3. The average Bonchev–Trinajstić information content (AvgIpc) is 2.64. The van der Waals surface area contributed by atoms with E-state index in [1.54, 1.807) is 19.2 Å². The fraction of sp³-hybridized carbons (Fsp3) is 0.619. The van der Waals surface area contributed by atoms with E-state index in [0.29, 0.717) is 25.2 Å². The molecule has 0 saturated heterocycles. The normalized spacial score (nSPS) is 12.0. The molecule has 0 saturated carbocycles. The number of nitrogens with zero attached hydrogens (tertiary/aromatic N) is 2. The maximum atomic E-state index is 12.9. The van der Waals surface area contributed by atoms with Crippen molar-refractivity contribution in [1.82, 2.24) is 20.9 Å². The second kappa shape index (κ2) is 13.1. The van der Waals surface area contributed by atoms with E-state index in [4.69, 9.17) is 0 Å². The monoisotopic (exact) mass is 393 g/mol. The minimum absolute atomic E-state index is 0.0844. The van der Waals surface area contributed by atoms with Crippen molar-refractivity contribution < 1.29 is 9.18 Å². The maximum absolute atomic E-state index is 12.9. The van der Waals surface area contributed by atoms with Crippen molar-refractivity contribution in [3.05, 3.63) is 35.6 Å². The summed E-state index contributed by atoms with van der Waals surface area (Å²) >= 11 is 0. The molecule has 158 valence electrons. The van der Waals surface area contributed by atoms with Gasteiger partial charge in [-0.15, -0.1) is 0 Å². The van der Waals surface area contributed by atoms with E-state index in [2.05, 4.69) is 53.5 Å². The summed E-state index contributed by atoms with van der Waals surface area (Å²) in [5.41, 5.74) is 0.793. The van der Waals surface area contributed by atoms with Gasteiger partial charge in [0.1, 0.15) is 5.82 Å². The van der Waals surface area contributed by atoms with E-state index < -0.39 is 0 Å². The Bertz CT molecular complexity index is 593. The minimum Gasteiger partial charge on any atom is -0.356 e. The number of carbonyl (C=O) groups excluding carboxylic acids is 1. The molecule has 0 spiro atoms. The van der Waals surface area contributed by atoms with Gasteiger partial charge >= 0.3 is 0 Å². The molecule has 1 rings (SSSR count). The van der Waals surface area contributed by atoms with Crippen molar-refractivity contribution in [1.29, 1.82) is 0 Å². The maximum Gasteiger partial charge on any atom is 0.224 e. The molecule has 1 aromatic carbocycles. The number of amides is 1. The number of carbonyl (C=O) groups is 1. The van der Waals surface area contributed by atoms with E-state index >= 15 is 0 Å². The lowest BCUT2D eigenvalue weighted by atomic mass is 10.1. The van der Waals surface area contributed by atoms with Gasteiger partial charge in [0.2, 0.25) is 5.91 Å². The first kappa shape index (κ1) is 23.9. The molecule has 7 heteroatoms. The number of benzene rings is 1. The molecule has 0 unspecified atom stereocenters. The van der Waals surface area contributed by atoms with Gasteiger partial charge in [-0.3, -0.25) is 14.7 Å².